The first-order valence-electron chi connectivity index (χ1n) is 24.1. The lowest BCUT2D eigenvalue weighted by molar-refractivity contribution is -0.356. The molecule has 384 valence electrons. The van der Waals surface area contributed by atoms with Crippen molar-refractivity contribution in [2.45, 2.75) is 208 Å². The summed E-state index contributed by atoms with van der Waals surface area (Å²) in [5.74, 6) is -3.16. The van der Waals surface area contributed by atoms with E-state index in [1.54, 1.807) is 27.9 Å². The lowest BCUT2D eigenvalue weighted by atomic mass is 9.55. The van der Waals surface area contributed by atoms with Crippen LogP contribution in [0.5, 0.6) is 0 Å². The Morgan fingerprint density at radius 1 is 0.706 bits per heavy atom. The Hall–Kier alpha value is -2.26. The number of rotatable bonds is 11. The van der Waals surface area contributed by atoms with Gasteiger partial charge in [0, 0.05) is 46.0 Å². The van der Waals surface area contributed by atoms with Gasteiger partial charge in [0.05, 0.1) is 73.9 Å². The number of hydrogen-bond donors (Lipinski definition) is 6. The SMILES string of the molecule is CO[C@H]1C[C@H](O[C@@H]2CC3=CC[C@@H]4C(=O)O[C@@H]5CO[C@]6(C)OC(=O)/C(=C/C[C@@H]4[C@@]3(C)C[C@H]2O)[C@H]56)O[C@H](C)[C@H]1O[C@H]1C[C@@H](O)[C@@H](O[C@H]2C[C@H](OC)[C@H](O[C@@H]3O[C@H](CO)[C@@H](O)[C@H](O)[C@H]3O)[C@@H](C)O2)[C@H](C)O1. The Morgan fingerprint density at radius 3 is 1.97 bits per heavy atom. The average Bonchev–Trinajstić information content (AvgIpc) is 3.76. The van der Waals surface area contributed by atoms with E-state index in [1.165, 1.54) is 7.11 Å². The molecule has 0 aromatic carbocycles. The zero-order valence-electron chi connectivity index (χ0n) is 39.6. The minimum atomic E-state index is -1.61. The van der Waals surface area contributed by atoms with Gasteiger partial charge in [0.1, 0.15) is 48.8 Å². The second-order valence-corrected chi connectivity index (χ2v) is 20.4. The van der Waals surface area contributed by atoms with Gasteiger partial charge in [0.2, 0.25) is 5.79 Å². The van der Waals surface area contributed by atoms with Crippen molar-refractivity contribution in [2.24, 2.45) is 23.2 Å². The van der Waals surface area contributed by atoms with Crippen molar-refractivity contribution >= 4 is 11.9 Å². The predicted molar refractivity (Wildman–Crippen MR) is 227 cm³/mol. The molecule has 0 amide bonds. The number of aliphatic hydroxyl groups is 6. The molecule has 0 aromatic rings. The van der Waals surface area contributed by atoms with E-state index < -0.39 is 158 Å². The molecular weight excluding hydrogens is 900 g/mol. The van der Waals surface area contributed by atoms with Gasteiger partial charge in [-0.1, -0.05) is 24.6 Å². The number of fused-ring (bicyclic) bond motifs is 3. The number of hydrogen-bond acceptors (Lipinski definition) is 21. The molecule has 68 heavy (non-hydrogen) atoms. The van der Waals surface area contributed by atoms with Crippen LogP contribution in [-0.2, 0) is 71.2 Å². The van der Waals surface area contributed by atoms with Crippen LogP contribution < -0.4 is 0 Å². The summed E-state index contributed by atoms with van der Waals surface area (Å²) in [6.45, 7) is 8.64. The van der Waals surface area contributed by atoms with Crippen LogP contribution in [0, 0.1) is 23.2 Å². The molecule has 6 saturated heterocycles. The standard InChI is InChI=1S/C47H70O21/c1-19-40(65-35-15-30(57-7)42(21(3)61-35)67-45-39(53)38(52)37(51)31(17-48)64-45)26(49)13-33(59-19)66-41-20(2)60-34(14-29(41)56-6)62-28-12-22-8-9-23-25(46(22,4)16-27(28)50)11-10-24-36-32(63-43(23)54)18-58-47(36,5)68-44(24)55/h8,10,19-21,23,25-42,45,48-53H,9,11-18H2,1-7H3/b24-10+/t19-,20+,21+,23-,25-,26+,27+,28+,29-,30-,31+,32+,33-,34-,35-,36+,37+,38-,39+,40-,41+,42+,45-,46-,47+/m0/s1. The highest BCUT2D eigenvalue weighted by atomic mass is 16.8. The van der Waals surface area contributed by atoms with Gasteiger partial charge in [-0.2, -0.15) is 0 Å². The fourth-order valence-corrected chi connectivity index (χ4v) is 12.4. The molecule has 1 saturated carbocycles. The molecule has 7 heterocycles. The van der Waals surface area contributed by atoms with Crippen molar-refractivity contribution < 1.29 is 102 Å². The van der Waals surface area contributed by atoms with Gasteiger partial charge in [0.15, 0.2) is 25.2 Å². The molecule has 21 heteroatoms. The summed E-state index contributed by atoms with van der Waals surface area (Å²) in [4.78, 5) is 26.8. The number of carbonyl (C=O) groups excluding carboxylic acids is 2. The summed E-state index contributed by atoms with van der Waals surface area (Å²) < 4.78 is 78.8. The van der Waals surface area contributed by atoms with Gasteiger partial charge < -0.3 is 92.2 Å². The molecule has 2 aliphatic carbocycles. The lowest BCUT2D eigenvalue weighted by Crippen LogP contribution is -2.62. The van der Waals surface area contributed by atoms with Crippen molar-refractivity contribution in [3.05, 3.63) is 23.3 Å². The molecule has 9 rings (SSSR count). The maximum atomic E-state index is 13.8. The molecule has 25 atom stereocenters. The highest BCUT2D eigenvalue weighted by molar-refractivity contribution is 5.92. The monoisotopic (exact) mass is 970 g/mol. The third kappa shape index (κ3) is 9.36. The summed E-state index contributed by atoms with van der Waals surface area (Å²) in [5, 5.41) is 63.7. The van der Waals surface area contributed by atoms with Crippen LogP contribution in [-0.4, -0.2) is 199 Å². The molecule has 7 fully saturated rings. The summed E-state index contributed by atoms with van der Waals surface area (Å²) in [6, 6.07) is 0. The zero-order valence-corrected chi connectivity index (χ0v) is 39.6. The van der Waals surface area contributed by atoms with Crippen molar-refractivity contribution in [1.29, 1.82) is 0 Å². The Morgan fingerprint density at radius 2 is 1.32 bits per heavy atom. The van der Waals surface area contributed by atoms with Gasteiger partial charge in [-0.15, -0.1) is 0 Å². The van der Waals surface area contributed by atoms with Crippen LogP contribution in [0.15, 0.2) is 23.3 Å². The third-order valence-electron chi connectivity index (χ3n) is 16.2. The summed E-state index contributed by atoms with van der Waals surface area (Å²) in [7, 11) is 3.05. The number of aliphatic hydroxyl groups excluding tert-OH is 6. The van der Waals surface area contributed by atoms with Gasteiger partial charge in [-0.3, -0.25) is 4.79 Å². The van der Waals surface area contributed by atoms with E-state index in [9.17, 15) is 40.2 Å². The summed E-state index contributed by atoms with van der Waals surface area (Å²) >= 11 is 0. The predicted octanol–water partition coefficient (Wildman–Crippen LogP) is 0.00750. The Labute approximate surface area is 395 Å². The van der Waals surface area contributed by atoms with E-state index in [1.807, 2.05) is 13.0 Å². The smallest absolute Gasteiger partial charge is 0.336 e. The topological polar surface area (TPSA) is 276 Å². The third-order valence-corrected chi connectivity index (χ3v) is 16.2. The molecule has 6 N–H and O–H groups in total. The number of esters is 2. The van der Waals surface area contributed by atoms with Gasteiger partial charge in [-0.05, 0) is 57.8 Å². The molecule has 7 aliphatic heterocycles. The normalized spacial score (nSPS) is 52.5. The molecule has 21 nitrogen and oxygen atoms in total. The van der Waals surface area contributed by atoms with Crippen molar-refractivity contribution in [3.8, 4) is 0 Å². The van der Waals surface area contributed by atoms with E-state index in [2.05, 4.69) is 13.0 Å². The van der Waals surface area contributed by atoms with Crippen molar-refractivity contribution in [3.63, 3.8) is 0 Å². The summed E-state index contributed by atoms with van der Waals surface area (Å²) in [5.41, 5.74) is 0.974. The van der Waals surface area contributed by atoms with E-state index in [0.29, 0.717) is 31.3 Å². The van der Waals surface area contributed by atoms with Crippen LogP contribution >= 0.6 is 0 Å². The minimum Gasteiger partial charge on any atom is -0.459 e. The van der Waals surface area contributed by atoms with Crippen LogP contribution in [0.4, 0.5) is 0 Å². The quantitative estimate of drug-likeness (QED) is 0.118. The van der Waals surface area contributed by atoms with E-state index >= 15 is 0 Å². The molecule has 0 unspecified atom stereocenters. The average molecular weight is 971 g/mol. The minimum absolute atomic E-state index is 0.0608. The fraction of sp³-hybridized carbons (Fsp3) is 0.872. The molecular formula is C47H70O21. The summed E-state index contributed by atoms with van der Waals surface area (Å²) in [6.07, 6.45) is -12.0. The second kappa shape index (κ2) is 20.0. The van der Waals surface area contributed by atoms with Crippen LogP contribution in [0.3, 0.4) is 0 Å². The Bertz CT molecular complexity index is 1870. The largest absolute Gasteiger partial charge is 0.459 e. The molecule has 0 radical (unpaired) electrons. The lowest BCUT2D eigenvalue weighted by Gasteiger charge is -2.52. The Kier molecular flexibility index (Phi) is 14.9. The van der Waals surface area contributed by atoms with Gasteiger partial charge >= 0.3 is 11.9 Å². The maximum absolute atomic E-state index is 13.8. The number of carbonyl (C=O) groups is 2. The van der Waals surface area contributed by atoms with Crippen LogP contribution in [0.1, 0.15) is 79.6 Å². The fourth-order valence-electron chi connectivity index (χ4n) is 12.4. The van der Waals surface area contributed by atoms with Gasteiger partial charge in [-0.25, -0.2) is 4.79 Å². The van der Waals surface area contributed by atoms with Gasteiger partial charge in [0.25, 0.3) is 0 Å². The molecule has 0 aromatic heterocycles. The highest BCUT2D eigenvalue weighted by Gasteiger charge is 2.62. The van der Waals surface area contributed by atoms with E-state index in [4.69, 9.17) is 61.6 Å². The highest BCUT2D eigenvalue weighted by Crippen LogP contribution is 2.57. The number of allylic oxidation sites excluding steroid dienone is 2. The number of ether oxygens (including phenoxy) is 13. The molecule has 0 spiro atoms. The first kappa shape index (κ1) is 50.7. The van der Waals surface area contributed by atoms with Crippen LogP contribution in [0.2, 0.25) is 0 Å². The van der Waals surface area contributed by atoms with Crippen LogP contribution in [0.25, 0.3) is 0 Å². The van der Waals surface area contributed by atoms with E-state index in [-0.39, 0.29) is 37.8 Å². The van der Waals surface area contributed by atoms with Crippen molar-refractivity contribution in [1.82, 2.24) is 0 Å². The first-order valence-corrected chi connectivity index (χ1v) is 24.1. The second-order valence-electron chi connectivity index (χ2n) is 20.4. The van der Waals surface area contributed by atoms with Crippen molar-refractivity contribution in [2.75, 3.05) is 27.4 Å². The Balaban J connectivity index is 0.776. The zero-order chi connectivity index (χ0) is 48.6. The molecule has 9 aliphatic rings. The van der Waals surface area contributed by atoms with E-state index in [0.717, 1.165) is 5.57 Å². The number of methoxy groups -OCH3 is 2. The first-order chi connectivity index (χ1) is 32.4. The maximum Gasteiger partial charge on any atom is 0.336 e. The molecule has 0 bridgehead atoms.